The molecule has 2 aromatic carbocycles. The summed E-state index contributed by atoms with van der Waals surface area (Å²) in [6.07, 6.45) is 0.375. The molecule has 0 heterocycles. The van der Waals surface area contributed by atoms with Crippen molar-refractivity contribution in [1.29, 1.82) is 5.26 Å². The number of aliphatic hydroxyl groups excluding tert-OH is 1. The van der Waals surface area contributed by atoms with Gasteiger partial charge in [-0.1, -0.05) is 12.1 Å². The Labute approximate surface area is 147 Å². The van der Waals surface area contributed by atoms with E-state index in [0.717, 1.165) is 30.0 Å². The first-order valence-corrected chi connectivity index (χ1v) is 8.92. The van der Waals surface area contributed by atoms with Gasteiger partial charge < -0.3 is 15.2 Å². The Hall–Kier alpha value is -2.16. The van der Waals surface area contributed by atoms with Gasteiger partial charge >= 0.3 is 0 Å². The summed E-state index contributed by atoms with van der Waals surface area (Å²) in [7, 11) is 0. The lowest BCUT2D eigenvalue weighted by molar-refractivity contribution is 0.276. The van der Waals surface area contributed by atoms with Crippen LogP contribution in [0.2, 0.25) is 0 Å². The average molecular weight is 342 g/mol. The molecule has 2 aromatic rings. The zero-order valence-electron chi connectivity index (χ0n) is 13.7. The predicted octanol–water partition coefficient (Wildman–Crippen LogP) is 4.06. The van der Waals surface area contributed by atoms with Crippen molar-refractivity contribution in [3.63, 3.8) is 0 Å². The Bertz CT molecular complexity index is 651. The summed E-state index contributed by atoms with van der Waals surface area (Å²) < 4.78 is 5.44. The summed E-state index contributed by atoms with van der Waals surface area (Å²) in [5.41, 5.74) is 2.22. The molecule has 1 atom stereocenters. The van der Waals surface area contributed by atoms with E-state index in [2.05, 4.69) is 29.6 Å². The van der Waals surface area contributed by atoms with E-state index in [9.17, 15) is 0 Å². The van der Waals surface area contributed by atoms with Gasteiger partial charge in [0, 0.05) is 29.5 Å². The summed E-state index contributed by atoms with van der Waals surface area (Å²) in [5.74, 6) is 1.64. The molecule has 5 heteroatoms. The van der Waals surface area contributed by atoms with Crippen LogP contribution in [-0.4, -0.2) is 23.6 Å². The summed E-state index contributed by atoms with van der Waals surface area (Å²) in [6, 6.07) is 18.1. The SMILES string of the molecule is CC(C#N)Oc1ccc(CNc2ccc(SCCCO)cc2)cc1. The highest BCUT2D eigenvalue weighted by Gasteiger charge is 2.02. The van der Waals surface area contributed by atoms with Gasteiger partial charge in [0.1, 0.15) is 11.8 Å². The highest BCUT2D eigenvalue weighted by molar-refractivity contribution is 7.99. The minimum atomic E-state index is -0.442. The van der Waals surface area contributed by atoms with Gasteiger partial charge in [-0.25, -0.2) is 0 Å². The summed E-state index contributed by atoms with van der Waals surface area (Å²) in [6.45, 7) is 2.69. The van der Waals surface area contributed by atoms with E-state index in [-0.39, 0.29) is 6.61 Å². The number of nitrogens with zero attached hydrogens (tertiary/aromatic N) is 1. The minimum Gasteiger partial charge on any atom is -0.476 e. The van der Waals surface area contributed by atoms with Crippen molar-refractivity contribution in [3.05, 3.63) is 54.1 Å². The van der Waals surface area contributed by atoms with Crippen molar-refractivity contribution in [1.82, 2.24) is 0 Å². The highest BCUT2D eigenvalue weighted by Crippen LogP contribution is 2.21. The highest BCUT2D eigenvalue weighted by atomic mass is 32.2. The molecule has 0 spiro atoms. The molecular weight excluding hydrogens is 320 g/mol. The fourth-order valence-electron chi connectivity index (χ4n) is 2.04. The molecule has 0 saturated heterocycles. The van der Waals surface area contributed by atoms with Gasteiger partial charge in [0.2, 0.25) is 0 Å². The molecule has 24 heavy (non-hydrogen) atoms. The van der Waals surface area contributed by atoms with Crippen LogP contribution in [0.5, 0.6) is 5.75 Å². The van der Waals surface area contributed by atoms with Crippen molar-refractivity contribution in [2.24, 2.45) is 0 Å². The minimum absolute atomic E-state index is 0.242. The normalized spacial score (nSPS) is 11.5. The van der Waals surface area contributed by atoms with Gasteiger partial charge in [0.25, 0.3) is 0 Å². The fraction of sp³-hybridized carbons (Fsp3) is 0.316. The van der Waals surface area contributed by atoms with Crippen molar-refractivity contribution < 1.29 is 9.84 Å². The maximum absolute atomic E-state index is 8.79. The first kappa shape index (κ1) is 18.2. The average Bonchev–Trinajstić information content (AvgIpc) is 2.62. The molecular formula is C19H22N2O2S. The van der Waals surface area contributed by atoms with Crippen LogP contribution in [0.1, 0.15) is 18.9 Å². The van der Waals surface area contributed by atoms with Crippen molar-refractivity contribution >= 4 is 17.4 Å². The molecule has 0 aliphatic rings. The molecule has 0 aliphatic carbocycles. The Morgan fingerprint density at radius 1 is 1.17 bits per heavy atom. The monoisotopic (exact) mass is 342 g/mol. The van der Waals surface area contributed by atoms with Gasteiger partial charge in [0.05, 0.1) is 0 Å². The molecule has 0 amide bonds. The van der Waals surface area contributed by atoms with Crippen molar-refractivity contribution in [2.45, 2.75) is 30.9 Å². The zero-order chi connectivity index (χ0) is 17.2. The van der Waals surface area contributed by atoms with Crippen LogP contribution in [0.15, 0.2) is 53.4 Å². The van der Waals surface area contributed by atoms with E-state index in [1.54, 1.807) is 18.7 Å². The second-order valence-electron chi connectivity index (χ2n) is 5.34. The third-order valence-electron chi connectivity index (χ3n) is 3.34. The number of thioether (sulfide) groups is 1. The molecule has 2 rings (SSSR count). The van der Waals surface area contributed by atoms with Crippen LogP contribution >= 0.6 is 11.8 Å². The van der Waals surface area contributed by atoms with Crippen LogP contribution in [0.4, 0.5) is 5.69 Å². The predicted molar refractivity (Wildman–Crippen MR) is 98.3 cm³/mol. The number of anilines is 1. The van der Waals surface area contributed by atoms with Crippen LogP contribution in [0.3, 0.4) is 0 Å². The lowest BCUT2D eigenvalue weighted by Gasteiger charge is -2.10. The molecule has 1 unspecified atom stereocenters. The summed E-state index contributed by atoms with van der Waals surface area (Å²) in [4.78, 5) is 1.21. The van der Waals surface area contributed by atoms with E-state index >= 15 is 0 Å². The van der Waals surface area contributed by atoms with Gasteiger partial charge in [0.15, 0.2) is 6.10 Å². The molecule has 0 fully saturated rings. The lowest BCUT2D eigenvalue weighted by Crippen LogP contribution is -2.08. The number of hydrogen-bond donors (Lipinski definition) is 2. The Balaban J connectivity index is 1.81. The number of nitriles is 1. The second kappa shape index (κ2) is 9.86. The second-order valence-corrected chi connectivity index (χ2v) is 6.51. The van der Waals surface area contributed by atoms with Gasteiger partial charge in [-0.3, -0.25) is 0 Å². The number of rotatable bonds is 9. The number of hydrogen-bond acceptors (Lipinski definition) is 5. The Kier molecular flexibility index (Phi) is 7.47. The molecule has 0 bridgehead atoms. The van der Waals surface area contributed by atoms with Crippen LogP contribution in [-0.2, 0) is 6.54 Å². The van der Waals surface area contributed by atoms with Gasteiger partial charge in [-0.15, -0.1) is 11.8 Å². The van der Waals surface area contributed by atoms with E-state index in [1.807, 2.05) is 30.3 Å². The van der Waals surface area contributed by atoms with Crippen molar-refractivity contribution in [3.8, 4) is 11.8 Å². The largest absolute Gasteiger partial charge is 0.476 e. The van der Waals surface area contributed by atoms with E-state index in [4.69, 9.17) is 15.1 Å². The molecule has 4 nitrogen and oxygen atoms in total. The third kappa shape index (κ3) is 6.15. The zero-order valence-corrected chi connectivity index (χ0v) is 14.6. The maximum atomic E-state index is 8.79. The first-order valence-electron chi connectivity index (χ1n) is 7.94. The Morgan fingerprint density at radius 3 is 2.50 bits per heavy atom. The van der Waals surface area contributed by atoms with Crippen LogP contribution in [0, 0.1) is 11.3 Å². The maximum Gasteiger partial charge on any atom is 0.181 e. The van der Waals surface area contributed by atoms with Crippen LogP contribution < -0.4 is 10.1 Å². The summed E-state index contributed by atoms with van der Waals surface area (Å²) in [5, 5.41) is 20.9. The number of ether oxygens (including phenoxy) is 1. The summed E-state index contributed by atoms with van der Waals surface area (Å²) >= 11 is 1.75. The molecule has 0 aromatic heterocycles. The number of benzene rings is 2. The van der Waals surface area contributed by atoms with E-state index in [1.165, 1.54) is 4.90 Å². The lowest BCUT2D eigenvalue weighted by atomic mass is 10.2. The topological polar surface area (TPSA) is 65.3 Å². The van der Waals surface area contributed by atoms with Gasteiger partial charge in [-0.05, 0) is 55.3 Å². The molecule has 2 N–H and O–H groups in total. The quantitative estimate of drug-likeness (QED) is 0.531. The fourth-order valence-corrected chi connectivity index (χ4v) is 2.88. The standard InChI is InChI=1S/C19H22N2O2S/c1-15(13-20)23-18-7-3-16(4-8-18)14-21-17-5-9-19(10-6-17)24-12-2-11-22/h3-10,15,21-22H,2,11-12,14H2,1H3. The van der Waals surface area contributed by atoms with Crippen LogP contribution in [0.25, 0.3) is 0 Å². The third-order valence-corrected chi connectivity index (χ3v) is 4.44. The number of nitrogens with one attached hydrogen (secondary N) is 1. The Morgan fingerprint density at radius 2 is 1.88 bits per heavy atom. The molecule has 0 saturated carbocycles. The first-order chi connectivity index (χ1) is 11.7. The smallest absolute Gasteiger partial charge is 0.181 e. The number of aliphatic hydroxyl groups is 1. The van der Waals surface area contributed by atoms with E-state index in [0.29, 0.717) is 5.75 Å². The van der Waals surface area contributed by atoms with Gasteiger partial charge in [-0.2, -0.15) is 5.26 Å². The van der Waals surface area contributed by atoms with Crippen molar-refractivity contribution in [2.75, 3.05) is 17.7 Å². The molecule has 0 radical (unpaired) electrons. The molecule has 0 aliphatic heterocycles. The van der Waals surface area contributed by atoms with E-state index < -0.39 is 6.10 Å². The molecule has 126 valence electrons.